The molecule has 0 saturated carbocycles. The summed E-state index contributed by atoms with van der Waals surface area (Å²) in [5, 5.41) is 82.5. The van der Waals surface area contributed by atoms with Gasteiger partial charge in [-0.05, 0) is 151 Å². The van der Waals surface area contributed by atoms with Crippen molar-refractivity contribution in [3.05, 3.63) is 224 Å². The predicted molar refractivity (Wildman–Crippen MR) is 564 cm³/mol. The molecule has 0 fully saturated rings. The Hall–Kier alpha value is -8.59. The minimum Gasteiger partial charge on any atom is -0.505 e. The van der Waals surface area contributed by atoms with E-state index in [0.29, 0.717) is 22.5 Å². The molecule has 0 aliphatic rings. The van der Waals surface area contributed by atoms with Crippen LogP contribution in [-0.2, 0) is 35.3 Å². The van der Waals surface area contributed by atoms with E-state index < -0.39 is 10.1 Å². The molecule has 716 valence electrons. The molecule has 22 heteroatoms. The monoisotopic (exact) mass is 1810 g/mol. The molecular formula is C104H176N8O11S3. The number of hydrogen-bond acceptors (Lipinski definition) is 20. The molecule has 11 aromatic carbocycles. The van der Waals surface area contributed by atoms with Crippen LogP contribution in [-0.4, -0.2) is 86.3 Å². The second-order valence-corrected chi connectivity index (χ2v) is 27.8. The van der Waals surface area contributed by atoms with Gasteiger partial charge in [0.15, 0.2) is 11.5 Å². The van der Waals surface area contributed by atoms with Gasteiger partial charge in [-0.25, -0.2) is 10.5 Å². The van der Waals surface area contributed by atoms with E-state index in [1.54, 1.807) is 12.3 Å². The van der Waals surface area contributed by atoms with Crippen LogP contribution in [0.4, 0.5) is 34.1 Å². The molecule has 11 rings (SSSR count). The highest BCUT2D eigenvalue weighted by Gasteiger charge is 2.17. The molecule has 0 saturated heterocycles. The average Bonchev–Trinajstić information content (AvgIpc) is 0.785. The van der Waals surface area contributed by atoms with Gasteiger partial charge in [0.1, 0.15) is 11.4 Å². The van der Waals surface area contributed by atoms with Crippen molar-refractivity contribution < 1.29 is 52.4 Å². The second kappa shape index (κ2) is 109. The first kappa shape index (κ1) is 141. The number of aromatic hydroxyl groups is 2. The summed E-state index contributed by atoms with van der Waals surface area (Å²) in [7, 11) is 6.08. The first-order valence-corrected chi connectivity index (χ1v) is 49.0. The van der Waals surface area contributed by atoms with Crippen molar-refractivity contribution in [3.8, 4) is 11.5 Å². The van der Waals surface area contributed by atoms with E-state index in [-0.39, 0.29) is 17.2 Å². The van der Waals surface area contributed by atoms with Gasteiger partial charge >= 0.3 is 0 Å². The highest BCUT2D eigenvalue weighted by atomic mass is 32.2. The smallest absolute Gasteiger partial charge is 0.261 e. The Morgan fingerprint density at radius 2 is 0.627 bits per heavy atom. The molecule has 6 N–H and O–H groups in total. The number of aryl methyl sites for hydroxylation is 1. The van der Waals surface area contributed by atoms with Gasteiger partial charge < -0.3 is 20.4 Å². The minimum absolute atomic E-state index is 0.00790. The summed E-state index contributed by atoms with van der Waals surface area (Å²) in [5.74, 6) is 0.168. The van der Waals surface area contributed by atoms with Crippen LogP contribution >= 0.6 is 24.1 Å². The molecule has 0 aromatic heterocycles. The molecule has 0 aliphatic carbocycles. The molecule has 0 spiro atoms. The highest BCUT2D eigenvalue weighted by Crippen LogP contribution is 2.45. The number of rotatable bonds is 12. The highest BCUT2D eigenvalue weighted by molar-refractivity contribution is 7.94. The van der Waals surface area contributed by atoms with Gasteiger partial charge in [0.25, 0.3) is 10.1 Å². The Bertz CT molecular complexity index is 4270. The molecule has 0 unspecified atom stereocenters. The van der Waals surface area contributed by atoms with Crippen molar-refractivity contribution in [3.63, 3.8) is 0 Å². The van der Waals surface area contributed by atoms with Gasteiger partial charge in [0, 0.05) is 29.1 Å². The van der Waals surface area contributed by atoms with Crippen molar-refractivity contribution in [1.29, 1.82) is 0 Å². The first-order valence-electron chi connectivity index (χ1n) is 45.3. The zero-order chi connectivity index (χ0) is 99.3. The van der Waals surface area contributed by atoms with E-state index in [0.717, 1.165) is 90.8 Å². The molecule has 0 radical (unpaired) electrons. The number of phenols is 2. The molecule has 0 aliphatic heterocycles. The second-order valence-electron chi connectivity index (χ2n) is 25.1. The van der Waals surface area contributed by atoms with Gasteiger partial charge in [0.2, 0.25) is 0 Å². The fourth-order valence-electron chi connectivity index (χ4n) is 7.88. The third-order valence-corrected chi connectivity index (χ3v) is 12.3. The fraction of sp³-hybridized carbons (Fsp3) is 0.462. The number of hydrogen-bond donors (Lipinski definition) is 6. The van der Waals surface area contributed by atoms with Gasteiger partial charge in [0.05, 0.1) is 45.9 Å². The molecule has 11 aromatic rings. The Kier molecular flexibility index (Phi) is 121. The van der Waals surface area contributed by atoms with Crippen molar-refractivity contribution in [2.45, 2.75) is 284 Å². The number of nitrogens with one attached hydrogen (secondary N) is 1. The van der Waals surface area contributed by atoms with E-state index in [4.69, 9.17) is 15.1 Å². The van der Waals surface area contributed by atoms with Gasteiger partial charge in [-0.15, -0.1) is 18.9 Å². The maximum Gasteiger partial charge on any atom is 0.261 e. The van der Waals surface area contributed by atoms with Gasteiger partial charge in [-0.3, -0.25) is 4.55 Å². The fourth-order valence-corrected chi connectivity index (χ4v) is 8.44. The molecule has 0 heterocycles. The first-order chi connectivity index (χ1) is 60.7. The average molecular weight is 1810 g/mol. The minimum atomic E-state index is -3.67. The number of fused-ring (bicyclic) bond motifs is 5. The van der Waals surface area contributed by atoms with Crippen molar-refractivity contribution >= 4 is 122 Å². The number of nitrogens with zero attached hydrogens (tertiary/aromatic N) is 7. The van der Waals surface area contributed by atoms with Gasteiger partial charge in [-0.2, -0.15) is 28.9 Å². The van der Waals surface area contributed by atoms with Crippen LogP contribution in [0.2, 0.25) is 0 Å². The van der Waals surface area contributed by atoms with Crippen LogP contribution in [0.25, 0.3) is 53.9 Å². The maximum absolute atomic E-state index is 11.0. The van der Waals surface area contributed by atoms with Crippen LogP contribution in [0.3, 0.4) is 0 Å². The summed E-state index contributed by atoms with van der Waals surface area (Å²) in [5.41, 5.74) is 4.87. The zero-order valence-corrected chi connectivity index (χ0v) is 87.8. The van der Waals surface area contributed by atoms with Crippen molar-refractivity contribution in [2.75, 3.05) is 47.7 Å². The van der Waals surface area contributed by atoms with E-state index in [2.05, 4.69) is 204 Å². The Morgan fingerprint density at radius 1 is 0.349 bits per heavy atom. The zero-order valence-electron chi connectivity index (χ0n) is 85.4. The maximum atomic E-state index is 11.0. The number of azo groups is 3. The summed E-state index contributed by atoms with van der Waals surface area (Å²) in [6, 6.07) is 70.8. The lowest BCUT2D eigenvalue weighted by Gasteiger charge is -2.11. The standard InChI is InChI=1S/C22H18N2O4S.C20H14N2O.C16H12N2.C3H9N.9C3H8.C2H7N.6C2H6.2CH4O3S/c1-2-14-8-5-9-17-13-19(29-28-27-26)21(22(25)20(14)17)24-23-18-11-10-15-6-3-4-7-16(15)12-18;23-20-18-8-4-3-6-15(18)10-12-19(20)22-21-17-11-9-14-5-1-2-7-16(14)13-17;1-2-8-15(9-3-1)17-18-16-11-10-13-6-4-5-7-14(13)12-16;1-4(2)3;10*1-3-2;6*1-2;1-5(2,3)4;1-5-4-3-2/h3-13,25-26H,2H2,1H3;1-13,23H;1-12H;1-3H3;9*3H2,1-2H3;3H,1-2H3;6*1-2H3;1H3,(H,2,3,4);2H,1H3. The Morgan fingerprint density at radius 3 is 0.944 bits per heavy atom. The van der Waals surface area contributed by atoms with Crippen LogP contribution in [0.1, 0.15) is 278 Å². The van der Waals surface area contributed by atoms with Crippen molar-refractivity contribution in [1.82, 2.24) is 10.2 Å². The SMILES string of the molecule is CC.CC.CC.CC.CC.CC.CCC.CCC.CCC.CCC.CCC.CCC.CCC.CCC.CCC.CCc1cccc2cc(SOOO)c(N=Nc3ccc4ccccc4c3)c(O)c12.CN(C)C.CNC.CS(=O)(=O)O.CSOOO.Oc1c(N=Nc2ccc3ccccc3c2)ccc2ccccc12.c1ccc(N=Nc2ccc3ccccc3c2)cc1. The van der Waals surface area contributed by atoms with Crippen LogP contribution in [0.15, 0.2) is 254 Å². The number of phenolic OH excluding ortho intramolecular Hbond substituents is 2. The summed E-state index contributed by atoms with van der Waals surface area (Å²) >= 11 is 1.67. The third-order valence-electron chi connectivity index (χ3n) is 11.5. The summed E-state index contributed by atoms with van der Waals surface area (Å²) in [4.78, 5) is 2.46. The lowest BCUT2D eigenvalue weighted by atomic mass is 10.0. The van der Waals surface area contributed by atoms with E-state index in [1.807, 2.05) is 318 Å². The summed E-state index contributed by atoms with van der Waals surface area (Å²) in [6.07, 6.45) is 14.3. The molecule has 19 nitrogen and oxygen atoms in total. The van der Waals surface area contributed by atoms with Gasteiger partial charge in [-0.1, -0.05) is 440 Å². The molecule has 126 heavy (non-hydrogen) atoms. The third kappa shape index (κ3) is 81.2. The van der Waals surface area contributed by atoms with Crippen LogP contribution in [0.5, 0.6) is 11.5 Å². The van der Waals surface area contributed by atoms with Crippen LogP contribution in [0, 0.1) is 0 Å². The predicted octanol–water partition coefficient (Wildman–Crippen LogP) is 37.6. The largest absolute Gasteiger partial charge is 0.505 e. The number of benzene rings is 11. The lowest BCUT2D eigenvalue weighted by Crippen LogP contribution is -1.99. The van der Waals surface area contributed by atoms with Crippen molar-refractivity contribution in [2.24, 2.45) is 30.7 Å². The molecular weight excluding hydrogens is 1630 g/mol. The normalized spacial score (nSPS) is 9.16. The van der Waals surface area contributed by atoms with Crippen LogP contribution < -0.4 is 5.32 Å². The van der Waals surface area contributed by atoms with E-state index in [9.17, 15) is 18.6 Å². The quantitative estimate of drug-likeness (QED) is 0.0218. The molecule has 0 amide bonds. The summed E-state index contributed by atoms with van der Waals surface area (Å²) in [6.45, 7) is 64.3. The topological polar surface area (TPSA) is 262 Å². The summed E-state index contributed by atoms with van der Waals surface area (Å²) < 4.78 is 34.3. The Balaban J connectivity index is -0.000000137. The van der Waals surface area contributed by atoms with E-state index in [1.165, 1.54) is 73.9 Å². The molecule has 0 bridgehead atoms. The molecule has 0 atom stereocenters. The van der Waals surface area contributed by atoms with E-state index >= 15 is 0 Å². The Labute approximate surface area is 777 Å². The lowest BCUT2D eigenvalue weighted by molar-refractivity contribution is -0.432.